The van der Waals surface area contributed by atoms with Crippen molar-refractivity contribution in [2.45, 2.75) is 24.8 Å². The fourth-order valence-electron chi connectivity index (χ4n) is 2.98. The van der Waals surface area contributed by atoms with Crippen LogP contribution in [-0.4, -0.2) is 28.0 Å². The van der Waals surface area contributed by atoms with Crippen molar-refractivity contribution in [3.05, 3.63) is 53.6 Å². The Morgan fingerprint density at radius 1 is 1.24 bits per heavy atom. The van der Waals surface area contributed by atoms with Crippen molar-refractivity contribution in [3.8, 4) is 5.75 Å². The first-order valence-electron chi connectivity index (χ1n) is 7.95. The van der Waals surface area contributed by atoms with Gasteiger partial charge in [-0.3, -0.25) is 4.79 Å². The molecule has 2 aromatic carbocycles. The van der Waals surface area contributed by atoms with E-state index in [1.807, 2.05) is 18.2 Å². The van der Waals surface area contributed by atoms with Crippen LogP contribution in [0.5, 0.6) is 5.75 Å². The lowest BCUT2D eigenvalue weighted by atomic mass is 10.2. The summed E-state index contributed by atoms with van der Waals surface area (Å²) < 4.78 is 33.0. The van der Waals surface area contributed by atoms with Crippen LogP contribution in [0.15, 0.2) is 47.4 Å². The highest BCUT2D eigenvalue weighted by atomic mass is 32.2. The number of sulfonamides is 1. The Bertz CT molecular complexity index is 909. The van der Waals surface area contributed by atoms with Gasteiger partial charge in [-0.1, -0.05) is 18.2 Å². The first kappa shape index (κ1) is 17.4. The number of hydrogen-bond acceptors (Lipinski definition) is 4. The number of benzene rings is 2. The maximum absolute atomic E-state index is 12.6. The van der Waals surface area contributed by atoms with E-state index in [9.17, 15) is 13.2 Å². The standard InChI is InChI=1S/C18H20N2O4S/c1-13(21)20-10-9-14-11-16(7-8-17(14)20)25(22,23)19-12-15-5-3-4-6-18(15)24-2/h3-8,11,19H,9-10,12H2,1-2H3. The molecule has 6 nitrogen and oxygen atoms in total. The summed E-state index contributed by atoms with van der Waals surface area (Å²) in [6, 6.07) is 12.1. The lowest BCUT2D eigenvalue weighted by Gasteiger charge is -2.15. The molecule has 1 N–H and O–H groups in total. The van der Waals surface area contributed by atoms with Crippen LogP contribution in [0.4, 0.5) is 5.69 Å². The molecule has 1 aliphatic heterocycles. The summed E-state index contributed by atoms with van der Waals surface area (Å²) in [5.41, 5.74) is 2.42. The molecule has 25 heavy (non-hydrogen) atoms. The Labute approximate surface area is 147 Å². The minimum absolute atomic E-state index is 0.0383. The van der Waals surface area contributed by atoms with E-state index < -0.39 is 10.0 Å². The first-order valence-corrected chi connectivity index (χ1v) is 9.43. The third-order valence-electron chi connectivity index (χ3n) is 4.28. The second kappa shape index (κ2) is 6.85. The normalized spacial score (nSPS) is 13.6. The molecule has 0 unspecified atom stereocenters. The Morgan fingerprint density at radius 3 is 2.72 bits per heavy atom. The third-order valence-corrected chi connectivity index (χ3v) is 5.68. The maximum Gasteiger partial charge on any atom is 0.240 e. The third kappa shape index (κ3) is 3.52. The molecule has 1 aliphatic rings. The van der Waals surface area contributed by atoms with Crippen molar-refractivity contribution >= 4 is 21.6 Å². The number of ether oxygens (including phenoxy) is 1. The van der Waals surface area contributed by atoms with Gasteiger partial charge in [-0.25, -0.2) is 13.1 Å². The lowest BCUT2D eigenvalue weighted by molar-refractivity contribution is -0.116. The zero-order valence-corrected chi connectivity index (χ0v) is 15.0. The molecule has 1 heterocycles. The molecule has 0 saturated carbocycles. The van der Waals surface area contributed by atoms with Gasteiger partial charge in [0.25, 0.3) is 0 Å². The number of amides is 1. The van der Waals surface area contributed by atoms with Crippen LogP contribution in [-0.2, 0) is 27.8 Å². The molecular weight excluding hydrogens is 340 g/mol. The van der Waals surface area contributed by atoms with Crippen molar-refractivity contribution < 1.29 is 17.9 Å². The summed E-state index contributed by atoms with van der Waals surface area (Å²) in [5.74, 6) is 0.597. The summed E-state index contributed by atoms with van der Waals surface area (Å²) in [6.07, 6.45) is 0.658. The second-order valence-corrected chi connectivity index (χ2v) is 7.61. The summed E-state index contributed by atoms with van der Waals surface area (Å²) in [6.45, 7) is 2.24. The average Bonchev–Trinajstić information content (AvgIpc) is 3.03. The van der Waals surface area contributed by atoms with E-state index in [4.69, 9.17) is 4.74 Å². The summed E-state index contributed by atoms with van der Waals surface area (Å²) in [7, 11) is -2.10. The zero-order chi connectivity index (χ0) is 18.0. The number of anilines is 1. The number of nitrogens with one attached hydrogen (secondary N) is 1. The molecular formula is C18H20N2O4S. The van der Waals surface area contributed by atoms with Crippen molar-refractivity contribution in [1.29, 1.82) is 0 Å². The van der Waals surface area contributed by atoms with Crippen LogP contribution >= 0.6 is 0 Å². The summed E-state index contributed by atoms with van der Waals surface area (Å²) in [4.78, 5) is 13.5. The highest BCUT2D eigenvalue weighted by Gasteiger charge is 2.24. The van der Waals surface area contributed by atoms with E-state index in [0.29, 0.717) is 18.7 Å². The molecule has 0 atom stereocenters. The summed E-state index contributed by atoms with van der Waals surface area (Å²) >= 11 is 0. The van der Waals surface area contributed by atoms with Gasteiger partial charge in [-0.05, 0) is 36.2 Å². The summed E-state index contributed by atoms with van der Waals surface area (Å²) in [5, 5.41) is 0. The molecule has 0 aliphatic carbocycles. The monoisotopic (exact) mass is 360 g/mol. The predicted octanol–water partition coefficient (Wildman–Crippen LogP) is 2.08. The largest absolute Gasteiger partial charge is 0.496 e. The smallest absolute Gasteiger partial charge is 0.240 e. The molecule has 3 rings (SSSR count). The van der Waals surface area contributed by atoms with Gasteiger partial charge in [-0.2, -0.15) is 0 Å². The highest BCUT2D eigenvalue weighted by molar-refractivity contribution is 7.89. The van der Waals surface area contributed by atoms with Gasteiger partial charge < -0.3 is 9.64 Å². The topological polar surface area (TPSA) is 75.7 Å². The van der Waals surface area contributed by atoms with Gasteiger partial charge >= 0.3 is 0 Å². The Balaban J connectivity index is 1.80. The fourth-order valence-corrected chi connectivity index (χ4v) is 4.03. The Hall–Kier alpha value is -2.38. The molecule has 0 spiro atoms. The van der Waals surface area contributed by atoms with Crippen molar-refractivity contribution in [2.75, 3.05) is 18.6 Å². The van der Waals surface area contributed by atoms with E-state index in [1.165, 1.54) is 13.0 Å². The number of nitrogens with zero attached hydrogens (tertiary/aromatic N) is 1. The van der Waals surface area contributed by atoms with Crippen molar-refractivity contribution in [3.63, 3.8) is 0 Å². The molecule has 0 saturated heterocycles. The van der Waals surface area contributed by atoms with Crippen LogP contribution in [0.2, 0.25) is 0 Å². The van der Waals surface area contributed by atoms with Gasteiger partial charge in [0.05, 0.1) is 12.0 Å². The first-order chi connectivity index (χ1) is 11.9. The number of fused-ring (bicyclic) bond motifs is 1. The fraction of sp³-hybridized carbons (Fsp3) is 0.278. The predicted molar refractivity (Wildman–Crippen MR) is 95.2 cm³/mol. The minimum Gasteiger partial charge on any atom is -0.496 e. The Morgan fingerprint density at radius 2 is 2.00 bits per heavy atom. The van der Waals surface area contributed by atoms with Crippen molar-refractivity contribution in [1.82, 2.24) is 4.72 Å². The quantitative estimate of drug-likeness (QED) is 0.886. The molecule has 7 heteroatoms. The van der Waals surface area contributed by atoms with Crippen LogP contribution < -0.4 is 14.4 Å². The highest BCUT2D eigenvalue weighted by Crippen LogP contribution is 2.30. The Kier molecular flexibility index (Phi) is 4.78. The molecule has 0 aromatic heterocycles. The van der Waals surface area contributed by atoms with Gasteiger partial charge in [-0.15, -0.1) is 0 Å². The van der Waals surface area contributed by atoms with E-state index in [1.54, 1.807) is 30.2 Å². The molecule has 2 aromatic rings. The maximum atomic E-state index is 12.6. The van der Waals surface area contributed by atoms with Crippen LogP contribution in [0.3, 0.4) is 0 Å². The number of rotatable bonds is 5. The number of para-hydroxylation sites is 1. The van der Waals surface area contributed by atoms with Gasteiger partial charge in [0.15, 0.2) is 0 Å². The van der Waals surface area contributed by atoms with Gasteiger partial charge in [0, 0.05) is 31.3 Å². The van der Waals surface area contributed by atoms with Gasteiger partial charge in [0.2, 0.25) is 15.9 Å². The van der Waals surface area contributed by atoms with E-state index in [0.717, 1.165) is 16.8 Å². The molecule has 0 fully saturated rings. The number of hydrogen-bond donors (Lipinski definition) is 1. The minimum atomic E-state index is -3.65. The van der Waals surface area contributed by atoms with E-state index in [2.05, 4.69) is 4.72 Å². The van der Waals surface area contributed by atoms with Gasteiger partial charge in [0.1, 0.15) is 5.75 Å². The molecule has 1 amide bonds. The molecule has 0 radical (unpaired) electrons. The number of carbonyl (C=O) groups excluding carboxylic acids is 1. The van der Waals surface area contributed by atoms with E-state index in [-0.39, 0.29) is 17.3 Å². The molecule has 132 valence electrons. The number of carbonyl (C=O) groups is 1. The second-order valence-electron chi connectivity index (χ2n) is 5.85. The van der Waals surface area contributed by atoms with Crippen LogP contribution in [0.25, 0.3) is 0 Å². The zero-order valence-electron chi connectivity index (χ0n) is 14.2. The van der Waals surface area contributed by atoms with Crippen molar-refractivity contribution in [2.24, 2.45) is 0 Å². The van der Waals surface area contributed by atoms with Crippen LogP contribution in [0, 0.1) is 0 Å². The lowest BCUT2D eigenvalue weighted by Crippen LogP contribution is -2.26. The van der Waals surface area contributed by atoms with Crippen LogP contribution in [0.1, 0.15) is 18.1 Å². The molecule has 0 bridgehead atoms. The average molecular weight is 360 g/mol. The van der Waals surface area contributed by atoms with E-state index >= 15 is 0 Å². The SMILES string of the molecule is COc1ccccc1CNS(=O)(=O)c1ccc2c(c1)CCN2C(C)=O. The number of methoxy groups -OCH3 is 1.